The molecule has 0 aliphatic carbocycles. The Morgan fingerprint density at radius 2 is 1.92 bits per heavy atom. The summed E-state index contributed by atoms with van der Waals surface area (Å²) < 4.78 is 6.38. The third-order valence-electron chi connectivity index (χ3n) is 5.27. The van der Waals surface area contributed by atoms with Gasteiger partial charge < -0.3 is 31.1 Å². The molecule has 2 aliphatic heterocycles. The molecule has 3 heterocycles. The van der Waals surface area contributed by atoms with E-state index in [0.29, 0.717) is 14.3 Å². The normalized spacial score (nSPS) is 21.7. The largest absolute Gasteiger partial charge is 0.481 e. The van der Waals surface area contributed by atoms with E-state index in [1.54, 1.807) is 0 Å². The maximum Gasteiger partial charge on any atom is 0.352 e. The molecular formula is C19H23N5O9S4. The van der Waals surface area contributed by atoms with Gasteiger partial charge in [0.2, 0.25) is 5.91 Å². The van der Waals surface area contributed by atoms with Gasteiger partial charge in [-0.2, -0.15) is 0 Å². The van der Waals surface area contributed by atoms with Crippen molar-refractivity contribution in [3.05, 3.63) is 11.3 Å². The van der Waals surface area contributed by atoms with Crippen LogP contribution < -0.4 is 11.1 Å². The number of carbonyl (C=O) groups is 5. The van der Waals surface area contributed by atoms with Gasteiger partial charge in [-0.25, -0.2) is 4.79 Å². The highest BCUT2D eigenvalue weighted by atomic mass is 32.2. The van der Waals surface area contributed by atoms with Crippen LogP contribution in [0.25, 0.3) is 0 Å². The summed E-state index contributed by atoms with van der Waals surface area (Å²) in [5, 5.41) is 37.1. The number of aromatic nitrogens is 2. The fourth-order valence-electron chi connectivity index (χ4n) is 3.52. The highest BCUT2D eigenvalue weighted by molar-refractivity contribution is 8.03. The van der Waals surface area contributed by atoms with Crippen LogP contribution in [0.5, 0.6) is 0 Å². The van der Waals surface area contributed by atoms with Gasteiger partial charge in [0, 0.05) is 25.0 Å². The molecule has 6 N–H and O–H groups in total. The second-order valence-corrected chi connectivity index (χ2v) is 12.2. The van der Waals surface area contributed by atoms with Crippen LogP contribution in [-0.2, 0) is 28.7 Å². The molecule has 1 fully saturated rings. The molecule has 37 heavy (non-hydrogen) atoms. The molecule has 1 saturated heterocycles. The lowest BCUT2D eigenvalue weighted by atomic mass is 9.98. The number of amides is 2. The molecule has 0 bridgehead atoms. The number of nitrogens with one attached hydrogen (secondary N) is 1. The smallest absolute Gasteiger partial charge is 0.352 e. The zero-order chi connectivity index (χ0) is 27.3. The number of carboxylic acids is 3. The van der Waals surface area contributed by atoms with Crippen molar-refractivity contribution in [3.8, 4) is 0 Å². The first-order valence-electron chi connectivity index (χ1n) is 10.6. The Bertz CT molecular complexity index is 1130. The van der Waals surface area contributed by atoms with Crippen molar-refractivity contribution < 1.29 is 44.0 Å². The molecule has 14 nitrogen and oxygen atoms in total. The number of nitrogens with zero attached hydrogens (tertiary/aromatic N) is 3. The van der Waals surface area contributed by atoms with Crippen molar-refractivity contribution in [2.75, 3.05) is 24.4 Å². The molecule has 1 aromatic rings. The van der Waals surface area contributed by atoms with E-state index in [1.807, 2.05) is 0 Å². The number of carboxylic acid groups (broad SMARTS) is 3. The van der Waals surface area contributed by atoms with Crippen LogP contribution in [0.3, 0.4) is 0 Å². The van der Waals surface area contributed by atoms with Gasteiger partial charge in [-0.05, 0) is 18.4 Å². The molecule has 3 atom stereocenters. The van der Waals surface area contributed by atoms with Gasteiger partial charge in [0.25, 0.3) is 11.6 Å². The van der Waals surface area contributed by atoms with Crippen LogP contribution in [0.4, 0.5) is 0 Å². The van der Waals surface area contributed by atoms with Crippen molar-refractivity contribution in [2.45, 2.75) is 45.1 Å². The number of carbonyl (C=O) groups excluding carboxylic acids is 2. The molecular weight excluding hydrogens is 571 g/mol. The number of hydrogen-bond donors (Lipinski definition) is 5. The maximum absolute atomic E-state index is 13.1. The van der Waals surface area contributed by atoms with Crippen LogP contribution in [0.2, 0.25) is 0 Å². The summed E-state index contributed by atoms with van der Waals surface area (Å²) in [5.41, 5.74) is 3.97. The Morgan fingerprint density at radius 1 is 1.24 bits per heavy atom. The summed E-state index contributed by atoms with van der Waals surface area (Å²) in [5.74, 6) is -4.45. The van der Waals surface area contributed by atoms with Crippen molar-refractivity contribution in [3.63, 3.8) is 0 Å². The molecule has 2 aliphatic rings. The second-order valence-electron chi connectivity index (χ2n) is 7.73. The minimum Gasteiger partial charge on any atom is -0.481 e. The summed E-state index contributed by atoms with van der Waals surface area (Å²) >= 11 is 4.67. The van der Waals surface area contributed by atoms with Crippen LogP contribution in [-0.4, -0.2) is 102 Å². The standard InChI is InChI=1S/C19H23N5O9S4/c1-33-19(21-10(25)4-2-3-9(20)13(28)29)15(32)24-12(14(30)31)8(5-34-16(19)24)6-35-17-22-23-18(37-17)36-7-11(26)27/h9,16H,2-7,20H2,1H3,(H,21,25)(H,26,27)(H,28,29)(H,30,31)/t9?,16-,19?/m0/s1. The Labute approximate surface area is 226 Å². The quantitative estimate of drug-likeness (QED) is 0.110. The van der Waals surface area contributed by atoms with Crippen molar-refractivity contribution in [2.24, 2.45) is 5.73 Å². The van der Waals surface area contributed by atoms with Crippen LogP contribution in [0.1, 0.15) is 19.3 Å². The summed E-state index contributed by atoms with van der Waals surface area (Å²) in [6.07, 6.45) is 0.162. The van der Waals surface area contributed by atoms with Gasteiger partial charge in [-0.15, -0.1) is 22.0 Å². The lowest BCUT2D eigenvalue weighted by Crippen LogP contribution is -2.80. The fourth-order valence-corrected chi connectivity index (χ4v) is 7.83. The number of methoxy groups -OCH3 is 1. The minimum atomic E-state index is -1.74. The number of fused-ring (bicyclic) bond motifs is 1. The van der Waals surface area contributed by atoms with E-state index < -0.39 is 46.9 Å². The minimum absolute atomic E-state index is 0.0717. The zero-order valence-electron chi connectivity index (χ0n) is 19.2. The zero-order valence-corrected chi connectivity index (χ0v) is 22.5. The average molecular weight is 594 g/mol. The SMILES string of the molecule is COC1(NC(=O)CCCC(N)C(=O)O)C(=O)N2C(C(=O)O)=C(CSc3nnc(SCC(=O)O)s3)CS[C@H]21. The molecule has 2 unspecified atom stereocenters. The Hall–Kier alpha value is -2.38. The number of hydrogen-bond acceptors (Lipinski definition) is 13. The Kier molecular flexibility index (Phi) is 9.81. The molecule has 0 spiro atoms. The van der Waals surface area contributed by atoms with Gasteiger partial charge in [0.05, 0.1) is 5.75 Å². The van der Waals surface area contributed by atoms with Crippen LogP contribution in [0, 0.1) is 0 Å². The van der Waals surface area contributed by atoms with Crippen molar-refractivity contribution in [1.82, 2.24) is 20.4 Å². The van der Waals surface area contributed by atoms with E-state index in [4.69, 9.17) is 20.7 Å². The van der Waals surface area contributed by atoms with E-state index in [2.05, 4.69) is 15.5 Å². The molecule has 18 heteroatoms. The number of rotatable bonds is 14. The summed E-state index contributed by atoms with van der Waals surface area (Å²) in [7, 11) is 1.24. The van der Waals surface area contributed by atoms with Crippen LogP contribution >= 0.6 is 46.6 Å². The highest BCUT2D eigenvalue weighted by Gasteiger charge is 2.66. The first-order chi connectivity index (χ1) is 17.5. The van der Waals surface area contributed by atoms with Crippen molar-refractivity contribution >= 4 is 76.3 Å². The van der Waals surface area contributed by atoms with Gasteiger partial charge in [-0.3, -0.25) is 24.1 Å². The lowest BCUT2D eigenvalue weighted by molar-refractivity contribution is -0.192. The number of β-lactam (4-membered cyclic amide) rings is 1. The number of nitrogens with two attached hydrogens (primary N) is 1. The third-order valence-corrected chi connectivity index (χ3v) is 9.91. The van der Waals surface area contributed by atoms with E-state index in [9.17, 15) is 29.1 Å². The van der Waals surface area contributed by atoms with Gasteiger partial charge >= 0.3 is 17.9 Å². The monoisotopic (exact) mass is 593 g/mol. The van der Waals surface area contributed by atoms with E-state index in [0.717, 1.165) is 16.7 Å². The summed E-state index contributed by atoms with van der Waals surface area (Å²) in [4.78, 5) is 60.3. The summed E-state index contributed by atoms with van der Waals surface area (Å²) in [6, 6.07) is -1.10. The molecule has 0 saturated carbocycles. The van der Waals surface area contributed by atoms with Crippen molar-refractivity contribution in [1.29, 1.82) is 0 Å². The Morgan fingerprint density at radius 3 is 2.51 bits per heavy atom. The van der Waals surface area contributed by atoms with Gasteiger partial charge in [-0.1, -0.05) is 34.9 Å². The lowest BCUT2D eigenvalue weighted by Gasteiger charge is -2.55. The number of ether oxygens (including phenoxy) is 1. The summed E-state index contributed by atoms with van der Waals surface area (Å²) in [6.45, 7) is 0. The predicted octanol–water partition coefficient (Wildman–Crippen LogP) is 0.102. The first-order valence-corrected chi connectivity index (χ1v) is 14.4. The first kappa shape index (κ1) is 29.2. The topological polar surface area (TPSA) is 222 Å². The molecule has 3 rings (SSSR count). The second kappa shape index (κ2) is 12.4. The maximum atomic E-state index is 13.1. The average Bonchev–Trinajstić information content (AvgIpc) is 3.31. The van der Waals surface area contributed by atoms with E-state index in [1.165, 1.54) is 42.0 Å². The molecule has 1 aromatic heterocycles. The molecule has 0 radical (unpaired) electrons. The van der Waals surface area contributed by atoms with Gasteiger partial charge in [0.15, 0.2) is 8.68 Å². The number of thioether (sulfide) groups is 3. The third kappa shape index (κ3) is 6.55. The van der Waals surface area contributed by atoms with Crippen LogP contribution in [0.15, 0.2) is 19.9 Å². The van der Waals surface area contributed by atoms with Gasteiger partial charge in [0.1, 0.15) is 17.1 Å². The highest BCUT2D eigenvalue weighted by Crippen LogP contribution is 2.47. The predicted molar refractivity (Wildman–Crippen MR) is 134 cm³/mol. The molecule has 2 amide bonds. The molecule has 0 aromatic carbocycles. The number of aliphatic carboxylic acids is 3. The Balaban J connectivity index is 1.66. The fraction of sp³-hybridized carbons (Fsp3) is 0.526. The van der Waals surface area contributed by atoms with E-state index in [-0.39, 0.29) is 42.2 Å². The van der Waals surface area contributed by atoms with E-state index >= 15 is 0 Å². The molecule has 202 valence electrons.